The van der Waals surface area contributed by atoms with Crippen LogP contribution in [-0.2, 0) is 11.3 Å². The van der Waals surface area contributed by atoms with Gasteiger partial charge in [0.15, 0.2) is 5.82 Å². The van der Waals surface area contributed by atoms with Crippen LogP contribution >= 0.6 is 11.8 Å². The van der Waals surface area contributed by atoms with E-state index < -0.39 is 0 Å². The molecule has 19 heavy (non-hydrogen) atoms. The Morgan fingerprint density at radius 2 is 1.95 bits per heavy atom. The van der Waals surface area contributed by atoms with E-state index in [0.29, 0.717) is 17.4 Å². The van der Waals surface area contributed by atoms with Crippen LogP contribution in [0.4, 0.5) is 5.82 Å². The summed E-state index contributed by atoms with van der Waals surface area (Å²) in [7, 11) is 0. The van der Waals surface area contributed by atoms with Gasteiger partial charge in [-0.2, -0.15) is 0 Å². The highest BCUT2D eigenvalue weighted by molar-refractivity contribution is 8.00. The molecule has 5 nitrogen and oxygen atoms in total. The first-order valence-corrected chi connectivity index (χ1v) is 6.74. The van der Waals surface area contributed by atoms with Crippen LogP contribution in [0.25, 0.3) is 0 Å². The van der Waals surface area contributed by atoms with Crippen molar-refractivity contribution in [1.29, 1.82) is 0 Å². The molecule has 0 aliphatic carbocycles. The summed E-state index contributed by atoms with van der Waals surface area (Å²) in [5.41, 5.74) is 6.71. The van der Waals surface area contributed by atoms with Crippen molar-refractivity contribution in [2.75, 3.05) is 11.5 Å². The maximum atomic E-state index is 11.7. The molecule has 0 fully saturated rings. The summed E-state index contributed by atoms with van der Waals surface area (Å²) < 4.78 is 0. The summed E-state index contributed by atoms with van der Waals surface area (Å²) in [5, 5.41) is 3.42. The fraction of sp³-hybridized carbons (Fsp3) is 0.154. The molecular weight excluding hydrogens is 260 g/mol. The molecule has 1 aromatic heterocycles. The van der Waals surface area contributed by atoms with Crippen molar-refractivity contribution in [3.63, 3.8) is 0 Å². The third-order valence-corrected chi connectivity index (χ3v) is 3.36. The minimum atomic E-state index is -0.0566. The second-order valence-corrected chi connectivity index (χ2v) is 4.76. The Hall–Kier alpha value is -2.08. The van der Waals surface area contributed by atoms with Crippen molar-refractivity contribution in [2.45, 2.75) is 11.6 Å². The van der Waals surface area contributed by atoms with Crippen LogP contribution in [0.15, 0.2) is 47.8 Å². The first-order chi connectivity index (χ1) is 9.25. The number of rotatable bonds is 5. The molecule has 0 aliphatic heterocycles. The van der Waals surface area contributed by atoms with Gasteiger partial charge in [-0.3, -0.25) is 4.79 Å². The molecule has 0 saturated heterocycles. The standard InChI is InChI=1S/C13H14N4OS/c14-12-13(16-7-6-15-12)19-9-11(18)17-8-10-4-2-1-3-5-10/h1-7H,8-9H2,(H2,14,15)(H,17,18). The van der Waals surface area contributed by atoms with Crippen LogP contribution < -0.4 is 11.1 Å². The van der Waals surface area contributed by atoms with Gasteiger partial charge in [0.25, 0.3) is 0 Å². The molecule has 0 atom stereocenters. The van der Waals surface area contributed by atoms with Gasteiger partial charge in [0.2, 0.25) is 5.91 Å². The number of thioether (sulfide) groups is 1. The molecule has 2 rings (SSSR count). The Morgan fingerprint density at radius 3 is 2.68 bits per heavy atom. The van der Waals surface area contributed by atoms with Gasteiger partial charge in [0.05, 0.1) is 5.75 Å². The monoisotopic (exact) mass is 274 g/mol. The van der Waals surface area contributed by atoms with Gasteiger partial charge in [-0.05, 0) is 5.56 Å². The van der Waals surface area contributed by atoms with Gasteiger partial charge in [-0.25, -0.2) is 9.97 Å². The quantitative estimate of drug-likeness (QED) is 0.807. The topological polar surface area (TPSA) is 80.9 Å². The normalized spacial score (nSPS) is 10.1. The Labute approximate surface area is 115 Å². The summed E-state index contributed by atoms with van der Waals surface area (Å²) in [6.07, 6.45) is 3.08. The van der Waals surface area contributed by atoms with E-state index in [1.807, 2.05) is 30.3 Å². The number of amides is 1. The van der Waals surface area contributed by atoms with E-state index in [0.717, 1.165) is 5.56 Å². The minimum Gasteiger partial charge on any atom is -0.381 e. The average molecular weight is 274 g/mol. The molecule has 2 aromatic rings. The Kier molecular flexibility index (Phi) is 4.74. The molecule has 0 radical (unpaired) electrons. The van der Waals surface area contributed by atoms with E-state index >= 15 is 0 Å². The first-order valence-electron chi connectivity index (χ1n) is 5.75. The Morgan fingerprint density at radius 1 is 1.21 bits per heavy atom. The fourth-order valence-electron chi connectivity index (χ4n) is 1.43. The first kappa shape index (κ1) is 13.4. The van der Waals surface area contributed by atoms with Crippen molar-refractivity contribution >= 4 is 23.5 Å². The highest BCUT2D eigenvalue weighted by Gasteiger charge is 2.06. The van der Waals surface area contributed by atoms with E-state index in [2.05, 4.69) is 15.3 Å². The maximum absolute atomic E-state index is 11.7. The van der Waals surface area contributed by atoms with Crippen LogP contribution in [-0.4, -0.2) is 21.6 Å². The molecule has 0 bridgehead atoms. The van der Waals surface area contributed by atoms with E-state index in [4.69, 9.17) is 5.73 Å². The van der Waals surface area contributed by atoms with Crippen LogP contribution in [0.5, 0.6) is 0 Å². The molecule has 1 heterocycles. The van der Waals surface area contributed by atoms with Gasteiger partial charge in [-0.15, -0.1) is 0 Å². The second-order valence-electron chi connectivity index (χ2n) is 3.80. The molecule has 0 spiro atoms. The number of hydrogen-bond acceptors (Lipinski definition) is 5. The summed E-state index contributed by atoms with van der Waals surface area (Å²) >= 11 is 1.28. The number of aromatic nitrogens is 2. The van der Waals surface area contributed by atoms with Gasteiger partial charge in [-0.1, -0.05) is 42.1 Å². The summed E-state index contributed by atoms with van der Waals surface area (Å²) in [6.45, 7) is 0.524. The number of benzene rings is 1. The maximum Gasteiger partial charge on any atom is 0.230 e. The summed E-state index contributed by atoms with van der Waals surface area (Å²) in [5.74, 6) is 0.567. The summed E-state index contributed by atoms with van der Waals surface area (Å²) in [6, 6.07) is 9.76. The number of hydrogen-bond donors (Lipinski definition) is 2. The molecule has 1 aromatic carbocycles. The SMILES string of the molecule is Nc1nccnc1SCC(=O)NCc1ccccc1. The van der Waals surface area contributed by atoms with Crippen LogP contribution in [0, 0.1) is 0 Å². The lowest BCUT2D eigenvalue weighted by molar-refractivity contribution is -0.118. The molecule has 0 unspecified atom stereocenters. The minimum absolute atomic E-state index is 0.0566. The van der Waals surface area contributed by atoms with Crippen molar-refractivity contribution in [3.05, 3.63) is 48.3 Å². The zero-order chi connectivity index (χ0) is 13.5. The Balaban J connectivity index is 1.78. The smallest absolute Gasteiger partial charge is 0.230 e. The zero-order valence-electron chi connectivity index (χ0n) is 10.2. The number of carbonyl (C=O) groups excluding carboxylic acids is 1. The zero-order valence-corrected chi connectivity index (χ0v) is 11.1. The highest BCUT2D eigenvalue weighted by Crippen LogP contribution is 2.18. The van der Waals surface area contributed by atoms with Crippen LogP contribution in [0.2, 0.25) is 0 Å². The van der Waals surface area contributed by atoms with Gasteiger partial charge in [0.1, 0.15) is 5.03 Å². The lowest BCUT2D eigenvalue weighted by Gasteiger charge is -2.05. The van der Waals surface area contributed by atoms with Crippen molar-refractivity contribution in [2.24, 2.45) is 0 Å². The van der Waals surface area contributed by atoms with Gasteiger partial charge in [0, 0.05) is 18.9 Å². The molecule has 3 N–H and O–H groups in total. The van der Waals surface area contributed by atoms with Crippen LogP contribution in [0.3, 0.4) is 0 Å². The Bertz CT molecular complexity index is 547. The largest absolute Gasteiger partial charge is 0.381 e. The number of nitrogens with zero attached hydrogens (tertiary/aromatic N) is 2. The van der Waals surface area contributed by atoms with E-state index in [1.165, 1.54) is 18.0 Å². The molecule has 1 amide bonds. The number of nitrogens with one attached hydrogen (secondary N) is 1. The highest BCUT2D eigenvalue weighted by atomic mass is 32.2. The lowest BCUT2D eigenvalue weighted by atomic mass is 10.2. The fourth-order valence-corrected chi connectivity index (χ4v) is 2.13. The van der Waals surface area contributed by atoms with Crippen molar-refractivity contribution in [1.82, 2.24) is 15.3 Å². The number of nitrogen functional groups attached to an aromatic ring is 1. The predicted molar refractivity (Wildman–Crippen MR) is 75.5 cm³/mol. The third kappa shape index (κ3) is 4.26. The molecule has 0 saturated carbocycles. The lowest BCUT2D eigenvalue weighted by Crippen LogP contribution is -2.24. The van der Waals surface area contributed by atoms with E-state index in [1.54, 1.807) is 6.20 Å². The van der Waals surface area contributed by atoms with Crippen molar-refractivity contribution < 1.29 is 4.79 Å². The van der Waals surface area contributed by atoms with Crippen molar-refractivity contribution in [3.8, 4) is 0 Å². The molecule has 98 valence electrons. The molecule has 0 aliphatic rings. The van der Waals surface area contributed by atoms with Crippen LogP contribution in [0.1, 0.15) is 5.56 Å². The number of nitrogens with two attached hydrogens (primary N) is 1. The average Bonchev–Trinajstić information content (AvgIpc) is 2.45. The van der Waals surface area contributed by atoms with Gasteiger partial charge >= 0.3 is 0 Å². The molecular formula is C13H14N4OS. The van der Waals surface area contributed by atoms with E-state index in [9.17, 15) is 4.79 Å². The van der Waals surface area contributed by atoms with Gasteiger partial charge < -0.3 is 11.1 Å². The summed E-state index contributed by atoms with van der Waals surface area (Å²) in [4.78, 5) is 19.7. The molecule has 6 heteroatoms. The van der Waals surface area contributed by atoms with E-state index in [-0.39, 0.29) is 11.7 Å². The number of anilines is 1. The second kappa shape index (κ2) is 6.75. The predicted octanol–water partition coefficient (Wildman–Crippen LogP) is 1.47. The third-order valence-electron chi connectivity index (χ3n) is 2.36. The number of carbonyl (C=O) groups is 1.